The molecule has 0 spiro atoms. The van der Waals surface area contributed by atoms with Gasteiger partial charge in [0, 0.05) is 15.8 Å². The van der Waals surface area contributed by atoms with Gasteiger partial charge in [-0.1, -0.05) is 60.1 Å². The van der Waals surface area contributed by atoms with Crippen molar-refractivity contribution < 1.29 is 0 Å². The van der Waals surface area contributed by atoms with Crippen molar-refractivity contribution in [3.63, 3.8) is 0 Å². The molecule has 0 aliphatic carbocycles. The number of nitrogens with zero attached hydrogens (tertiary/aromatic N) is 1. The summed E-state index contributed by atoms with van der Waals surface area (Å²) in [5.74, 6) is 0. The molecule has 0 fully saturated rings. The van der Waals surface area contributed by atoms with Crippen molar-refractivity contribution in [2.24, 2.45) is 0 Å². The number of hydrogen-bond donors (Lipinski definition) is 0. The van der Waals surface area contributed by atoms with Crippen molar-refractivity contribution in [3.8, 4) is 0 Å². The Kier molecular flexibility index (Phi) is 3.86. The van der Waals surface area contributed by atoms with Crippen LogP contribution in [-0.2, 0) is 6.54 Å². The molecule has 0 saturated carbocycles. The van der Waals surface area contributed by atoms with Gasteiger partial charge in [-0.25, -0.2) is 0 Å². The molecule has 0 saturated heterocycles. The van der Waals surface area contributed by atoms with Crippen LogP contribution in [-0.4, -0.2) is 4.57 Å². The van der Waals surface area contributed by atoms with Gasteiger partial charge in [-0.05, 0) is 40.6 Å². The van der Waals surface area contributed by atoms with E-state index in [0.29, 0.717) is 15.8 Å². The number of halogens is 1. The molecule has 0 radical (unpaired) electrons. The Hall–Kier alpha value is -2.91. The zero-order chi connectivity index (χ0) is 17.4. The van der Waals surface area contributed by atoms with E-state index in [2.05, 4.69) is 0 Å². The lowest BCUT2D eigenvalue weighted by Gasteiger charge is -2.03. The highest BCUT2D eigenvalue weighted by molar-refractivity contribution is 6.30. The van der Waals surface area contributed by atoms with Crippen molar-refractivity contribution in [1.82, 2.24) is 4.57 Å². The fourth-order valence-electron chi connectivity index (χ4n) is 3.15. The predicted molar refractivity (Wildman–Crippen MR) is 103 cm³/mol. The van der Waals surface area contributed by atoms with E-state index < -0.39 is 0 Å². The maximum atomic E-state index is 13.1. The molecule has 3 aromatic carbocycles. The Morgan fingerprint density at radius 1 is 0.680 bits per heavy atom. The lowest BCUT2D eigenvalue weighted by atomic mass is 10.1. The van der Waals surface area contributed by atoms with E-state index >= 15 is 0 Å². The van der Waals surface area contributed by atoms with E-state index in [-0.39, 0.29) is 17.7 Å². The van der Waals surface area contributed by atoms with Crippen molar-refractivity contribution in [2.45, 2.75) is 6.54 Å². The third-order valence-corrected chi connectivity index (χ3v) is 4.56. The number of rotatable bonds is 2. The Labute approximate surface area is 148 Å². The smallest absolute Gasteiger partial charge is 0.261 e. The average molecular weight is 348 g/mol. The summed E-state index contributed by atoms with van der Waals surface area (Å²) in [5, 5.41) is 3.20. The summed E-state index contributed by atoms with van der Waals surface area (Å²) in [5.41, 5.74) is 0.222. The molecule has 0 aliphatic rings. The Bertz CT molecular complexity index is 1160. The van der Waals surface area contributed by atoms with E-state index in [4.69, 9.17) is 11.6 Å². The Balaban J connectivity index is 2.14. The van der Waals surface area contributed by atoms with E-state index in [9.17, 15) is 9.59 Å². The summed E-state index contributed by atoms with van der Waals surface area (Å²) >= 11 is 6.04. The van der Waals surface area contributed by atoms with E-state index in [1.807, 2.05) is 48.5 Å². The van der Waals surface area contributed by atoms with Gasteiger partial charge < -0.3 is 0 Å². The summed E-state index contributed by atoms with van der Waals surface area (Å²) in [6.07, 6.45) is 0. The summed E-state index contributed by atoms with van der Waals surface area (Å²) in [7, 11) is 0. The van der Waals surface area contributed by atoms with Crippen molar-refractivity contribution in [1.29, 1.82) is 0 Å². The molecule has 4 heteroatoms. The predicted octanol–water partition coefficient (Wildman–Crippen LogP) is 4.22. The molecule has 25 heavy (non-hydrogen) atoms. The SMILES string of the molecule is O=c1c2ccccc2c2ccccc2c(=O)n1Cc1cccc(Cl)c1. The van der Waals surface area contributed by atoms with Crippen LogP contribution < -0.4 is 11.1 Å². The van der Waals surface area contributed by atoms with Crippen molar-refractivity contribution >= 4 is 33.1 Å². The highest BCUT2D eigenvalue weighted by Gasteiger charge is 2.11. The fraction of sp³-hybridized carbons (Fsp3) is 0.0476. The standard InChI is InChI=1S/C21H14ClNO2/c22-15-7-5-6-14(12-15)13-23-20(24)18-10-3-1-8-16(18)17-9-2-4-11-19(17)21(23)25/h1-12H,13H2. The van der Waals surface area contributed by atoms with Crippen LogP contribution in [0.25, 0.3) is 21.5 Å². The molecule has 0 bridgehead atoms. The van der Waals surface area contributed by atoms with Gasteiger partial charge in [0.05, 0.1) is 6.54 Å². The number of hydrogen-bond acceptors (Lipinski definition) is 2. The quantitative estimate of drug-likeness (QED) is 0.544. The second-order valence-electron chi connectivity index (χ2n) is 5.92. The number of benzene rings is 3. The first-order valence-electron chi connectivity index (χ1n) is 7.94. The average Bonchev–Trinajstić information content (AvgIpc) is 2.72. The highest BCUT2D eigenvalue weighted by Crippen LogP contribution is 2.19. The molecular formula is C21H14ClNO2. The molecule has 0 amide bonds. The first kappa shape index (κ1) is 15.6. The third-order valence-electron chi connectivity index (χ3n) is 4.33. The summed E-state index contributed by atoms with van der Waals surface area (Å²) < 4.78 is 1.29. The lowest BCUT2D eigenvalue weighted by Crippen LogP contribution is -2.30. The molecule has 122 valence electrons. The Morgan fingerprint density at radius 3 is 1.72 bits per heavy atom. The minimum absolute atomic E-state index is 0.181. The second-order valence-corrected chi connectivity index (χ2v) is 6.35. The number of fused-ring (bicyclic) bond motifs is 3. The summed E-state index contributed by atoms with van der Waals surface area (Å²) in [6.45, 7) is 0.181. The van der Waals surface area contributed by atoms with E-state index in [1.54, 1.807) is 24.3 Å². The van der Waals surface area contributed by atoms with E-state index in [0.717, 1.165) is 16.3 Å². The molecule has 0 atom stereocenters. The molecule has 0 unspecified atom stereocenters. The van der Waals surface area contributed by atoms with Crippen LogP contribution in [0.1, 0.15) is 5.56 Å². The monoisotopic (exact) mass is 347 g/mol. The molecule has 4 aromatic rings. The Morgan fingerprint density at radius 2 is 1.20 bits per heavy atom. The van der Waals surface area contributed by atoms with Crippen molar-refractivity contribution in [3.05, 3.63) is 104 Å². The van der Waals surface area contributed by atoms with Gasteiger partial charge in [0.15, 0.2) is 0 Å². The maximum absolute atomic E-state index is 13.1. The first-order valence-corrected chi connectivity index (χ1v) is 8.32. The minimum atomic E-state index is -0.295. The molecule has 0 N–H and O–H groups in total. The van der Waals surface area contributed by atoms with Crippen LogP contribution in [0, 0.1) is 0 Å². The number of aromatic nitrogens is 1. The molecule has 3 nitrogen and oxygen atoms in total. The van der Waals surface area contributed by atoms with Crippen LogP contribution in [0.5, 0.6) is 0 Å². The van der Waals surface area contributed by atoms with Crippen LogP contribution in [0.2, 0.25) is 5.02 Å². The molecule has 1 heterocycles. The zero-order valence-electron chi connectivity index (χ0n) is 13.3. The van der Waals surface area contributed by atoms with Gasteiger partial charge in [-0.3, -0.25) is 14.2 Å². The first-order chi connectivity index (χ1) is 12.1. The van der Waals surface area contributed by atoms with Gasteiger partial charge in [0.25, 0.3) is 11.1 Å². The van der Waals surface area contributed by atoms with Gasteiger partial charge in [-0.15, -0.1) is 0 Å². The highest BCUT2D eigenvalue weighted by atomic mass is 35.5. The molecule has 1 aromatic heterocycles. The largest absolute Gasteiger partial charge is 0.270 e. The molecule has 0 aliphatic heterocycles. The topological polar surface area (TPSA) is 39.1 Å². The molecular weight excluding hydrogens is 334 g/mol. The van der Waals surface area contributed by atoms with Crippen LogP contribution in [0.3, 0.4) is 0 Å². The van der Waals surface area contributed by atoms with Crippen LogP contribution >= 0.6 is 11.6 Å². The van der Waals surface area contributed by atoms with Crippen LogP contribution in [0.15, 0.2) is 82.4 Å². The lowest BCUT2D eigenvalue weighted by molar-refractivity contribution is 0.747. The minimum Gasteiger partial charge on any atom is -0.270 e. The normalized spacial score (nSPS) is 11.1. The van der Waals surface area contributed by atoms with E-state index in [1.165, 1.54) is 4.57 Å². The summed E-state index contributed by atoms with van der Waals surface area (Å²) in [6, 6.07) is 21.9. The van der Waals surface area contributed by atoms with Crippen molar-refractivity contribution in [2.75, 3.05) is 0 Å². The zero-order valence-corrected chi connectivity index (χ0v) is 14.0. The van der Waals surface area contributed by atoms with Crippen LogP contribution in [0.4, 0.5) is 0 Å². The van der Waals surface area contributed by atoms with Gasteiger partial charge in [-0.2, -0.15) is 0 Å². The van der Waals surface area contributed by atoms with Gasteiger partial charge >= 0.3 is 0 Å². The fourth-order valence-corrected chi connectivity index (χ4v) is 3.37. The summed E-state index contributed by atoms with van der Waals surface area (Å²) in [4.78, 5) is 26.2. The van der Waals surface area contributed by atoms with Gasteiger partial charge in [0.1, 0.15) is 0 Å². The van der Waals surface area contributed by atoms with Gasteiger partial charge in [0.2, 0.25) is 0 Å². The third kappa shape index (κ3) is 2.73. The second kappa shape index (κ2) is 6.19. The molecule has 4 rings (SSSR count). The maximum Gasteiger partial charge on any atom is 0.261 e.